The first-order chi connectivity index (χ1) is 8.72. The molecule has 2 heterocycles. The van der Waals surface area contributed by atoms with Crippen LogP contribution in [0.25, 0.3) is 0 Å². The molecule has 2 rings (SSSR count). The normalized spacial score (nSPS) is 25.5. The van der Waals surface area contributed by atoms with E-state index >= 15 is 0 Å². The Morgan fingerprint density at radius 2 is 2.22 bits per heavy atom. The molecule has 1 aromatic heterocycles. The van der Waals surface area contributed by atoms with Gasteiger partial charge in [0.15, 0.2) is 5.82 Å². The Morgan fingerprint density at radius 3 is 2.83 bits per heavy atom. The maximum Gasteiger partial charge on any atom is 0.188 e. The molecule has 0 aromatic carbocycles. The highest BCUT2D eigenvalue weighted by molar-refractivity contribution is 4.88. The van der Waals surface area contributed by atoms with Crippen molar-refractivity contribution >= 4 is 0 Å². The summed E-state index contributed by atoms with van der Waals surface area (Å²) in [6.45, 7) is 7.45. The van der Waals surface area contributed by atoms with Crippen LogP contribution in [-0.4, -0.2) is 50.3 Å². The Kier molecular flexibility index (Phi) is 4.66. The van der Waals surface area contributed by atoms with Crippen LogP contribution in [0.2, 0.25) is 0 Å². The molecule has 0 saturated carbocycles. The number of nitrogens with one attached hydrogen (secondary N) is 1. The lowest BCUT2D eigenvalue weighted by atomic mass is 10.0. The summed E-state index contributed by atoms with van der Waals surface area (Å²) in [7, 11) is 1.81. The average molecular weight is 252 g/mol. The molecule has 0 amide bonds. The van der Waals surface area contributed by atoms with Crippen molar-refractivity contribution < 1.29 is 0 Å². The fourth-order valence-corrected chi connectivity index (χ4v) is 2.63. The van der Waals surface area contributed by atoms with E-state index in [0.29, 0.717) is 12.1 Å². The number of piperazine rings is 1. The minimum atomic E-state index is 0.585. The van der Waals surface area contributed by atoms with Crippen LogP contribution in [0.3, 0.4) is 0 Å². The number of hydrogen-bond donors (Lipinski definition) is 1. The molecule has 1 aliphatic heterocycles. The molecule has 1 N–H and O–H groups in total. The monoisotopic (exact) mass is 252 g/mol. The largest absolute Gasteiger partial charge is 0.311 e. The quantitative estimate of drug-likeness (QED) is 0.830. The number of aryl methyl sites for hydroxylation is 1. The van der Waals surface area contributed by atoms with Crippen molar-refractivity contribution in [2.45, 2.75) is 51.7 Å². The second-order valence-corrected chi connectivity index (χ2v) is 5.08. The Hall–Kier alpha value is -1.01. The van der Waals surface area contributed by atoms with Gasteiger partial charge >= 0.3 is 0 Å². The van der Waals surface area contributed by atoms with Gasteiger partial charge in [-0.2, -0.15) is 4.80 Å². The highest BCUT2D eigenvalue weighted by Gasteiger charge is 2.27. The van der Waals surface area contributed by atoms with E-state index in [0.717, 1.165) is 31.9 Å². The third-order valence-corrected chi connectivity index (χ3v) is 3.62. The second-order valence-electron chi connectivity index (χ2n) is 5.08. The van der Waals surface area contributed by atoms with Crippen LogP contribution in [0.5, 0.6) is 0 Å². The predicted molar refractivity (Wildman–Crippen MR) is 70.0 cm³/mol. The Labute approximate surface area is 109 Å². The highest BCUT2D eigenvalue weighted by atomic mass is 15.6. The summed E-state index contributed by atoms with van der Waals surface area (Å²) in [6, 6.07) is 1.19. The molecular weight excluding hydrogens is 228 g/mol. The van der Waals surface area contributed by atoms with Crippen LogP contribution in [0, 0.1) is 0 Å². The van der Waals surface area contributed by atoms with Crippen molar-refractivity contribution in [2.75, 3.05) is 13.1 Å². The van der Waals surface area contributed by atoms with Crippen molar-refractivity contribution in [2.24, 2.45) is 7.05 Å². The van der Waals surface area contributed by atoms with Crippen LogP contribution in [0.4, 0.5) is 0 Å². The Balaban J connectivity index is 1.97. The van der Waals surface area contributed by atoms with Gasteiger partial charge in [-0.3, -0.25) is 4.90 Å². The molecule has 2 unspecified atom stereocenters. The van der Waals surface area contributed by atoms with E-state index in [1.807, 2.05) is 7.05 Å². The van der Waals surface area contributed by atoms with E-state index in [-0.39, 0.29) is 0 Å². The van der Waals surface area contributed by atoms with Gasteiger partial charge in [0.25, 0.3) is 0 Å². The van der Waals surface area contributed by atoms with Gasteiger partial charge in [0, 0.05) is 25.2 Å². The minimum absolute atomic E-state index is 0.585. The zero-order valence-corrected chi connectivity index (χ0v) is 11.6. The second kappa shape index (κ2) is 6.24. The molecule has 2 atom stereocenters. The Bertz CT molecular complexity index is 363. The number of tetrazole rings is 1. The zero-order chi connectivity index (χ0) is 13.0. The summed E-state index contributed by atoms with van der Waals surface area (Å²) >= 11 is 0. The summed E-state index contributed by atoms with van der Waals surface area (Å²) in [6.07, 6.45) is 3.62. The van der Waals surface area contributed by atoms with Crippen molar-refractivity contribution in [1.82, 2.24) is 30.4 Å². The molecule has 0 bridgehead atoms. The molecule has 0 radical (unpaired) electrons. The lowest BCUT2D eigenvalue weighted by molar-refractivity contribution is 0.112. The fraction of sp³-hybridized carbons (Fsp3) is 0.917. The van der Waals surface area contributed by atoms with Crippen molar-refractivity contribution in [3.8, 4) is 0 Å². The van der Waals surface area contributed by atoms with Gasteiger partial charge in [-0.25, -0.2) is 0 Å². The molecule has 0 aliphatic carbocycles. The molecule has 1 aromatic rings. The minimum Gasteiger partial charge on any atom is -0.311 e. The lowest BCUT2D eigenvalue weighted by Gasteiger charge is -2.39. The van der Waals surface area contributed by atoms with Crippen LogP contribution < -0.4 is 5.32 Å². The number of aromatic nitrogens is 4. The zero-order valence-electron chi connectivity index (χ0n) is 11.6. The summed E-state index contributed by atoms with van der Waals surface area (Å²) in [4.78, 5) is 4.02. The number of nitrogens with zero attached hydrogens (tertiary/aromatic N) is 5. The topological polar surface area (TPSA) is 58.9 Å². The van der Waals surface area contributed by atoms with Crippen LogP contribution in [-0.2, 0) is 13.6 Å². The van der Waals surface area contributed by atoms with Crippen LogP contribution >= 0.6 is 0 Å². The molecule has 0 spiro atoms. The van der Waals surface area contributed by atoms with Crippen molar-refractivity contribution in [3.05, 3.63) is 5.82 Å². The SMILES string of the molecule is CCCC1CN(Cc2nnn(C)n2)C(CC)CN1. The molecule has 18 heavy (non-hydrogen) atoms. The molecule has 102 valence electrons. The van der Waals surface area contributed by atoms with Gasteiger partial charge in [-0.15, -0.1) is 10.2 Å². The van der Waals surface area contributed by atoms with Gasteiger partial charge in [0.05, 0.1) is 13.6 Å². The molecule has 6 heteroatoms. The first-order valence-electron chi connectivity index (χ1n) is 6.93. The molecule has 6 nitrogen and oxygen atoms in total. The Morgan fingerprint density at radius 1 is 1.39 bits per heavy atom. The van der Waals surface area contributed by atoms with E-state index < -0.39 is 0 Å². The van der Waals surface area contributed by atoms with Crippen molar-refractivity contribution in [3.63, 3.8) is 0 Å². The first-order valence-corrected chi connectivity index (χ1v) is 6.93. The molecular formula is C12H24N6. The molecule has 1 aliphatic rings. The van der Waals surface area contributed by atoms with Gasteiger partial charge < -0.3 is 5.32 Å². The lowest BCUT2D eigenvalue weighted by Crippen LogP contribution is -2.55. The van der Waals surface area contributed by atoms with E-state index in [1.165, 1.54) is 17.6 Å². The standard InChI is InChI=1S/C12H24N6/c1-4-6-10-8-18(11(5-2)7-13-10)9-12-14-16-17(3)15-12/h10-11,13H,4-9H2,1-3H3. The van der Waals surface area contributed by atoms with E-state index in [2.05, 4.69) is 39.5 Å². The third-order valence-electron chi connectivity index (χ3n) is 3.62. The number of rotatable bonds is 5. The van der Waals surface area contributed by atoms with Crippen molar-refractivity contribution in [1.29, 1.82) is 0 Å². The third kappa shape index (κ3) is 3.26. The van der Waals surface area contributed by atoms with E-state index in [4.69, 9.17) is 0 Å². The highest BCUT2D eigenvalue weighted by Crippen LogP contribution is 2.15. The average Bonchev–Trinajstić information content (AvgIpc) is 2.76. The summed E-state index contributed by atoms with van der Waals surface area (Å²) in [5.41, 5.74) is 0. The van der Waals surface area contributed by atoms with Gasteiger partial charge in [-0.1, -0.05) is 20.3 Å². The summed E-state index contributed by atoms with van der Waals surface area (Å²) < 4.78 is 0. The maximum atomic E-state index is 4.28. The molecule has 1 fully saturated rings. The summed E-state index contributed by atoms with van der Waals surface area (Å²) in [5.74, 6) is 0.827. The maximum absolute atomic E-state index is 4.28. The van der Waals surface area contributed by atoms with Gasteiger partial charge in [0.2, 0.25) is 0 Å². The van der Waals surface area contributed by atoms with Crippen LogP contribution in [0.15, 0.2) is 0 Å². The molecule has 1 saturated heterocycles. The van der Waals surface area contributed by atoms with E-state index in [1.54, 1.807) is 0 Å². The van der Waals surface area contributed by atoms with E-state index in [9.17, 15) is 0 Å². The van der Waals surface area contributed by atoms with Gasteiger partial charge in [-0.05, 0) is 18.1 Å². The smallest absolute Gasteiger partial charge is 0.188 e. The number of hydrogen-bond acceptors (Lipinski definition) is 5. The predicted octanol–water partition coefficient (Wildman–Crippen LogP) is 0.563. The van der Waals surface area contributed by atoms with Gasteiger partial charge in [0.1, 0.15) is 0 Å². The fourth-order valence-electron chi connectivity index (χ4n) is 2.63. The summed E-state index contributed by atoms with van der Waals surface area (Å²) in [5, 5.41) is 15.9. The first kappa shape index (κ1) is 13.4. The van der Waals surface area contributed by atoms with Crippen LogP contribution in [0.1, 0.15) is 38.9 Å².